The van der Waals surface area contributed by atoms with Gasteiger partial charge in [-0.25, -0.2) is 0 Å². The molecule has 0 aromatic carbocycles. The van der Waals surface area contributed by atoms with Crippen molar-refractivity contribution in [2.45, 2.75) is 39.2 Å². The highest BCUT2D eigenvalue weighted by Gasteiger charge is 2.40. The van der Waals surface area contributed by atoms with Crippen molar-refractivity contribution in [2.24, 2.45) is 5.92 Å². The lowest BCUT2D eigenvalue weighted by atomic mass is 9.89. The van der Waals surface area contributed by atoms with Crippen molar-refractivity contribution in [1.29, 1.82) is 0 Å². The Morgan fingerprint density at radius 1 is 1.50 bits per heavy atom. The molecule has 94 valence electrons. The van der Waals surface area contributed by atoms with Crippen LogP contribution in [0.3, 0.4) is 0 Å². The zero-order valence-corrected chi connectivity index (χ0v) is 10.6. The van der Waals surface area contributed by atoms with Crippen molar-refractivity contribution in [3.63, 3.8) is 0 Å². The van der Waals surface area contributed by atoms with Crippen LogP contribution in [0.15, 0.2) is 0 Å². The van der Waals surface area contributed by atoms with Gasteiger partial charge in [-0.2, -0.15) is 0 Å². The van der Waals surface area contributed by atoms with Gasteiger partial charge in [0.05, 0.1) is 12.1 Å². The maximum atomic E-state index is 11.5. The summed E-state index contributed by atoms with van der Waals surface area (Å²) in [7, 11) is 0. The first-order valence-corrected chi connectivity index (χ1v) is 6.16. The summed E-state index contributed by atoms with van der Waals surface area (Å²) in [4.78, 5) is 13.5. The first-order valence-electron chi connectivity index (χ1n) is 6.16. The minimum atomic E-state index is -0.535. The number of carbonyl (C=O) groups excluding carboxylic acids is 1. The van der Waals surface area contributed by atoms with Gasteiger partial charge in [0, 0.05) is 19.6 Å². The summed E-state index contributed by atoms with van der Waals surface area (Å²) in [5.74, 6) is 0.546. The number of rotatable bonds is 6. The van der Waals surface area contributed by atoms with Gasteiger partial charge in [-0.1, -0.05) is 27.2 Å². The van der Waals surface area contributed by atoms with Crippen LogP contribution >= 0.6 is 0 Å². The van der Waals surface area contributed by atoms with Crippen molar-refractivity contribution >= 4 is 5.91 Å². The zero-order valence-electron chi connectivity index (χ0n) is 10.6. The van der Waals surface area contributed by atoms with Crippen LogP contribution in [0.1, 0.15) is 33.6 Å². The fourth-order valence-corrected chi connectivity index (χ4v) is 2.10. The molecule has 1 fully saturated rings. The summed E-state index contributed by atoms with van der Waals surface area (Å²) in [6.07, 6.45) is 1.82. The van der Waals surface area contributed by atoms with Gasteiger partial charge in [0.15, 0.2) is 0 Å². The summed E-state index contributed by atoms with van der Waals surface area (Å²) in [5.41, 5.74) is -0.535. The highest BCUT2D eigenvalue weighted by molar-refractivity contribution is 5.78. The molecule has 1 aliphatic rings. The number of nitrogens with one attached hydrogen (secondary N) is 1. The molecule has 0 atom stereocenters. The Morgan fingerprint density at radius 2 is 2.12 bits per heavy atom. The number of amides is 1. The summed E-state index contributed by atoms with van der Waals surface area (Å²) in [6, 6.07) is 0. The van der Waals surface area contributed by atoms with E-state index in [-0.39, 0.29) is 5.91 Å². The average molecular weight is 228 g/mol. The number of aliphatic hydroxyl groups is 1. The minimum absolute atomic E-state index is 0.0623. The van der Waals surface area contributed by atoms with Crippen molar-refractivity contribution in [3.8, 4) is 0 Å². The lowest BCUT2D eigenvalue weighted by Gasteiger charge is -2.46. The molecule has 0 spiro atoms. The van der Waals surface area contributed by atoms with E-state index < -0.39 is 5.60 Å². The first-order chi connectivity index (χ1) is 7.45. The molecular weight excluding hydrogens is 204 g/mol. The predicted octanol–water partition coefficient (Wildman–Crippen LogP) is 0.605. The molecular formula is C12H24N2O2. The Kier molecular flexibility index (Phi) is 4.74. The van der Waals surface area contributed by atoms with E-state index >= 15 is 0 Å². The van der Waals surface area contributed by atoms with Gasteiger partial charge in [-0.15, -0.1) is 0 Å². The number of carbonyl (C=O) groups is 1. The molecule has 0 radical (unpaired) electrons. The molecule has 0 aromatic heterocycles. The van der Waals surface area contributed by atoms with Gasteiger partial charge < -0.3 is 10.4 Å². The van der Waals surface area contributed by atoms with Gasteiger partial charge >= 0.3 is 0 Å². The second kappa shape index (κ2) is 5.64. The van der Waals surface area contributed by atoms with E-state index in [0.717, 1.165) is 19.4 Å². The van der Waals surface area contributed by atoms with Crippen molar-refractivity contribution in [1.82, 2.24) is 10.2 Å². The van der Waals surface area contributed by atoms with E-state index in [4.69, 9.17) is 0 Å². The fraction of sp³-hybridized carbons (Fsp3) is 0.917. The Morgan fingerprint density at radius 3 is 2.62 bits per heavy atom. The molecule has 1 heterocycles. The van der Waals surface area contributed by atoms with Gasteiger partial charge in [-0.05, 0) is 12.3 Å². The van der Waals surface area contributed by atoms with Gasteiger partial charge in [0.2, 0.25) is 5.91 Å². The predicted molar refractivity (Wildman–Crippen MR) is 64.1 cm³/mol. The summed E-state index contributed by atoms with van der Waals surface area (Å²) in [5, 5.41) is 12.8. The molecule has 0 unspecified atom stereocenters. The van der Waals surface area contributed by atoms with Crippen LogP contribution in [-0.4, -0.2) is 47.7 Å². The van der Waals surface area contributed by atoms with E-state index in [1.54, 1.807) is 0 Å². The highest BCUT2D eigenvalue weighted by atomic mass is 16.3. The smallest absolute Gasteiger partial charge is 0.234 e. The minimum Gasteiger partial charge on any atom is -0.387 e. The second-order valence-electron chi connectivity index (χ2n) is 5.32. The molecule has 1 aliphatic heterocycles. The molecule has 2 N–H and O–H groups in total. The lowest BCUT2D eigenvalue weighted by molar-refractivity contribution is -0.133. The van der Waals surface area contributed by atoms with Crippen molar-refractivity contribution < 1.29 is 9.90 Å². The molecule has 0 aliphatic carbocycles. The van der Waals surface area contributed by atoms with Crippen LogP contribution in [0.25, 0.3) is 0 Å². The first kappa shape index (κ1) is 13.5. The molecule has 0 saturated carbocycles. The van der Waals surface area contributed by atoms with Crippen molar-refractivity contribution in [2.75, 3.05) is 26.2 Å². The third-order valence-electron chi connectivity index (χ3n) is 2.83. The Hall–Kier alpha value is -0.610. The molecule has 0 aromatic rings. The third kappa shape index (κ3) is 4.10. The van der Waals surface area contributed by atoms with E-state index in [1.165, 1.54) is 0 Å². The van der Waals surface area contributed by atoms with Crippen molar-refractivity contribution in [3.05, 3.63) is 0 Å². The quantitative estimate of drug-likeness (QED) is 0.700. The van der Waals surface area contributed by atoms with Gasteiger partial charge in [0.25, 0.3) is 0 Å². The van der Waals surface area contributed by atoms with Gasteiger partial charge in [-0.3, -0.25) is 9.69 Å². The second-order valence-corrected chi connectivity index (χ2v) is 5.32. The topological polar surface area (TPSA) is 52.6 Å². The van der Waals surface area contributed by atoms with E-state index in [9.17, 15) is 9.90 Å². The Balaban J connectivity index is 2.14. The number of likely N-dealkylation sites (tertiary alicyclic amines) is 1. The molecule has 1 rings (SSSR count). The van der Waals surface area contributed by atoms with E-state index in [0.29, 0.717) is 25.6 Å². The Bertz CT molecular complexity index is 235. The molecule has 4 nitrogen and oxygen atoms in total. The average Bonchev–Trinajstić information content (AvgIpc) is 2.12. The SMILES string of the molecule is CCCC1(O)CN(CC(=O)NCC(C)C)C1. The maximum Gasteiger partial charge on any atom is 0.234 e. The number of nitrogens with zero attached hydrogens (tertiary/aromatic N) is 1. The standard InChI is InChI=1S/C12H24N2O2/c1-4-5-12(16)8-14(9-12)7-11(15)13-6-10(2)3/h10,16H,4-9H2,1-3H3,(H,13,15). The lowest BCUT2D eigenvalue weighted by Crippen LogP contribution is -2.63. The third-order valence-corrected chi connectivity index (χ3v) is 2.83. The van der Waals surface area contributed by atoms with Crippen LogP contribution in [-0.2, 0) is 4.79 Å². The van der Waals surface area contributed by atoms with Crippen LogP contribution in [0.4, 0.5) is 0 Å². The fourth-order valence-electron chi connectivity index (χ4n) is 2.10. The van der Waals surface area contributed by atoms with Crippen LogP contribution in [0, 0.1) is 5.92 Å². The van der Waals surface area contributed by atoms with Gasteiger partial charge in [0.1, 0.15) is 0 Å². The Labute approximate surface area is 98.0 Å². The molecule has 1 saturated heterocycles. The van der Waals surface area contributed by atoms with E-state index in [2.05, 4.69) is 26.1 Å². The highest BCUT2D eigenvalue weighted by Crippen LogP contribution is 2.24. The largest absolute Gasteiger partial charge is 0.387 e. The maximum absolute atomic E-state index is 11.5. The summed E-state index contributed by atoms with van der Waals surface area (Å²) < 4.78 is 0. The molecule has 0 bridgehead atoms. The molecule has 16 heavy (non-hydrogen) atoms. The normalized spacial score (nSPS) is 19.6. The molecule has 4 heteroatoms. The number of β-amino-alcohol motifs (C(OH)–C–C–N with tert-alkyl or cyclic N) is 1. The van der Waals surface area contributed by atoms with E-state index in [1.807, 2.05) is 4.90 Å². The number of hydrogen-bond donors (Lipinski definition) is 2. The van der Waals surface area contributed by atoms with Crippen LogP contribution in [0.5, 0.6) is 0 Å². The van der Waals surface area contributed by atoms with Crippen LogP contribution in [0.2, 0.25) is 0 Å². The number of hydrogen-bond acceptors (Lipinski definition) is 3. The monoisotopic (exact) mass is 228 g/mol. The molecule has 1 amide bonds. The summed E-state index contributed by atoms with van der Waals surface area (Å²) >= 11 is 0. The van der Waals surface area contributed by atoms with Crippen LogP contribution < -0.4 is 5.32 Å². The summed E-state index contributed by atoms with van der Waals surface area (Å²) in [6.45, 7) is 8.63. The zero-order chi connectivity index (χ0) is 12.2.